The minimum absolute atomic E-state index is 0.243. The first-order valence-electron chi connectivity index (χ1n) is 5.21. The molecule has 0 N–H and O–H groups in total. The molecule has 17 heavy (non-hydrogen) atoms. The molecule has 3 aromatic rings. The summed E-state index contributed by atoms with van der Waals surface area (Å²) in [5.74, 6) is 0. The topological polar surface area (TPSA) is 43.6 Å². The van der Waals surface area contributed by atoms with Gasteiger partial charge in [-0.3, -0.25) is 0 Å². The van der Waals surface area contributed by atoms with Crippen LogP contribution in [0.1, 0.15) is 5.56 Å². The van der Waals surface area contributed by atoms with Gasteiger partial charge in [-0.1, -0.05) is 30.3 Å². The molecule has 0 bridgehead atoms. The molecule has 2 aromatic heterocycles. The van der Waals surface area contributed by atoms with Crippen molar-refractivity contribution in [3.8, 4) is 0 Å². The first kappa shape index (κ1) is 10.2. The van der Waals surface area contributed by atoms with Crippen LogP contribution in [0.25, 0.3) is 11.0 Å². The zero-order valence-corrected chi connectivity index (χ0v) is 9.67. The van der Waals surface area contributed by atoms with Crippen LogP contribution < -0.4 is 0 Å². The molecule has 0 unspecified atom stereocenters. The number of halogens is 1. The number of aromatic nitrogens is 4. The van der Waals surface area contributed by atoms with Crippen LogP contribution in [0, 0.1) is 0 Å². The lowest BCUT2D eigenvalue weighted by atomic mass is 10.2. The fourth-order valence-electron chi connectivity index (χ4n) is 1.72. The molecule has 0 aliphatic carbocycles. The van der Waals surface area contributed by atoms with Crippen molar-refractivity contribution in [3.05, 3.63) is 53.6 Å². The van der Waals surface area contributed by atoms with Gasteiger partial charge in [0.1, 0.15) is 0 Å². The molecule has 3 rings (SSSR count). The Labute approximate surface area is 103 Å². The average Bonchev–Trinajstić information content (AvgIpc) is 2.73. The van der Waals surface area contributed by atoms with E-state index in [0.717, 1.165) is 11.0 Å². The molecule has 0 fully saturated rings. The van der Waals surface area contributed by atoms with Crippen LogP contribution in [0.15, 0.2) is 42.7 Å². The molecular formula is C12H9ClN4. The molecule has 0 radical (unpaired) electrons. The highest BCUT2D eigenvalue weighted by atomic mass is 35.5. The van der Waals surface area contributed by atoms with Crippen molar-refractivity contribution in [1.82, 2.24) is 19.7 Å². The molecule has 0 spiro atoms. The third-order valence-electron chi connectivity index (χ3n) is 2.52. The summed E-state index contributed by atoms with van der Waals surface area (Å²) in [6.45, 7) is 0.678. The van der Waals surface area contributed by atoms with Crippen LogP contribution in [0.5, 0.6) is 0 Å². The van der Waals surface area contributed by atoms with E-state index in [1.165, 1.54) is 5.56 Å². The SMILES string of the molecule is Clc1ncc2cnn(Cc3ccccc3)c2n1. The maximum Gasteiger partial charge on any atom is 0.224 e. The Kier molecular flexibility index (Phi) is 2.49. The molecule has 0 aliphatic rings. The van der Waals surface area contributed by atoms with Gasteiger partial charge in [0.25, 0.3) is 0 Å². The van der Waals surface area contributed by atoms with Crippen LogP contribution in [0.2, 0.25) is 5.28 Å². The van der Waals surface area contributed by atoms with Crippen LogP contribution in [0.3, 0.4) is 0 Å². The molecule has 5 heteroatoms. The van der Waals surface area contributed by atoms with Gasteiger partial charge in [0.2, 0.25) is 5.28 Å². The number of benzene rings is 1. The summed E-state index contributed by atoms with van der Waals surface area (Å²) >= 11 is 5.79. The number of rotatable bonds is 2. The average molecular weight is 245 g/mol. The highest BCUT2D eigenvalue weighted by Gasteiger charge is 2.05. The van der Waals surface area contributed by atoms with E-state index in [0.29, 0.717) is 6.54 Å². The summed E-state index contributed by atoms with van der Waals surface area (Å²) in [5.41, 5.74) is 1.93. The Hall–Kier alpha value is -1.94. The Balaban J connectivity index is 2.03. The second-order valence-electron chi connectivity index (χ2n) is 3.71. The highest BCUT2D eigenvalue weighted by Crippen LogP contribution is 2.13. The maximum absolute atomic E-state index is 5.79. The van der Waals surface area contributed by atoms with Crippen molar-refractivity contribution in [2.75, 3.05) is 0 Å². The van der Waals surface area contributed by atoms with Gasteiger partial charge in [-0.05, 0) is 17.2 Å². The van der Waals surface area contributed by atoms with Gasteiger partial charge in [0.15, 0.2) is 5.65 Å². The monoisotopic (exact) mass is 244 g/mol. The van der Waals surface area contributed by atoms with E-state index in [-0.39, 0.29) is 5.28 Å². The minimum atomic E-state index is 0.243. The van der Waals surface area contributed by atoms with Crippen molar-refractivity contribution in [2.45, 2.75) is 6.54 Å². The largest absolute Gasteiger partial charge is 0.243 e. The smallest absolute Gasteiger partial charge is 0.224 e. The number of nitrogens with zero attached hydrogens (tertiary/aromatic N) is 4. The van der Waals surface area contributed by atoms with Gasteiger partial charge in [0, 0.05) is 6.20 Å². The summed E-state index contributed by atoms with van der Waals surface area (Å²) in [5, 5.41) is 5.42. The molecular weight excluding hydrogens is 236 g/mol. The van der Waals surface area contributed by atoms with Gasteiger partial charge in [-0.25, -0.2) is 9.67 Å². The normalized spacial score (nSPS) is 10.9. The van der Waals surface area contributed by atoms with Crippen LogP contribution in [-0.2, 0) is 6.54 Å². The lowest BCUT2D eigenvalue weighted by Gasteiger charge is -2.02. The zero-order chi connectivity index (χ0) is 11.7. The van der Waals surface area contributed by atoms with E-state index < -0.39 is 0 Å². The van der Waals surface area contributed by atoms with Crippen molar-refractivity contribution >= 4 is 22.6 Å². The molecule has 0 saturated heterocycles. The Morgan fingerprint density at radius 3 is 2.76 bits per heavy atom. The third-order valence-corrected chi connectivity index (χ3v) is 2.70. The molecule has 0 atom stereocenters. The second kappa shape index (κ2) is 4.14. The molecule has 0 saturated carbocycles. The summed E-state index contributed by atoms with van der Waals surface area (Å²) < 4.78 is 1.82. The van der Waals surface area contributed by atoms with Crippen molar-refractivity contribution in [1.29, 1.82) is 0 Å². The predicted molar refractivity (Wildman–Crippen MR) is 65.9 cm³/mol. The van der Waals surface area contributed by atoms with Crippen LogP contribution in [0.4, 0.5) is 0 Å². The van der Waals surface area contributed by atoms with Gasteiger partial charge >= 0.3 is 0 Å². The van der Waals surface area contributed by atoms with Gasteiger partial charge in [0.05, 0.1) is 18.1 Å². The van der Waals surface area contributed by atoms with E-state index in [9.17, 15) is 0 Å². The van der Waals surface area contributed by atoms with E-state index in [4.69, 9.17) is 11.6 Å². The summed E-state index contributed by atoms with van der Waals surface area (Å²) in [4.78, 5) is 8.12. The quantitative estimate of drug-likeness (QED) is 0.651. The molecule has 2 heterocycles. The number of fused-ring (bicyclic) bond motifs is 1. The van der Waals surface area contributed by atoms with E-state index in [1.807, 2.05) is 22.9 Å². The first-order valence-corrected chi connectivity index (χ1v) is 5.59. The summed E-state index contributed by atoms with van der Waals surface area (Å²) in [6, 6.07) is 10.1. The summed E-state index contributed by atoms with van der Waals surface area (Å²) in [7, 11) is 0. The van der Waals surface area contributed by atoms with E-state index in [2.05, 4.69) is 27.2 Å². The maximum atomic E-state index is 5.79. The fourth-order valence-corrected chi connectivity index (χ4v) is 1.85. The molecule has 0 amide bonds. The molecule has 0 aliphatic heterocycles. The Bertz CT molecular complexity index is 648. The first-order chi connectivity index (χ1) is 8.33. The lowest BCUT2D eigenvalue weighted by molar-refractivity contribution is 0.704. The number of hydrogen-bond acceptors (Lipinski definition) is 3. The Morgan fingerprint density at radius 1 is 1.12 bits per heavy atom. The predicted octanol–water partition coefficient (Wildman–Crippen LogP) is 2.53. The molecule has 1 aromatic carbocycles. The lowest BCUT2D eigenvalue weighted by Crippen LogP contribution is -2.02. The Morgan fingerprint density at radius 2 is 1.94 bits per heavy atom. The van der Waals surface area contributed by atoms with E-state index in [1.54, 1.807) is 12.4 Å². The second-order valence-corrected chi connectivity index (χ2v) is 4.04. The van der Waals surface area contributed by atoms with Gasteiger partial charge < -0.3 is 0 Å². The van der Waals surface area contributed by atoms with Crippen molar-refractivity contribution < 1.29 is 0 Å². The minimum Gasteiger partial charge on any atom is -0.243 e. The molecule has 4 nitrogen and oxygen atoms in total. The van der Waals surface area contributed by atoms with Crippen molar-refractivity contribution in [2.24, 2.45) is 0 Å². The fraction of sp³-hybridized carbons (Fsp3) is 0.0833. The molecule has 84 valence electrons. The summed E-state index contributed by atoms with van der Waals surface area (Å²) in [6.07, 6.45) is 3.42. The van der Waals surface area contributed by atoms with E-state index >= 15 is 0 Å². The third kappa shape index (κ3) is 1.99. The van der Waals surface area contributed by atoms with Crippen LogP contribution in [-0.4, -0.2) is 19.7 Å². The highest BCUT2D eigenvalue weighted by molar-refractivity contribution is 6.28. The number of hydrogen-bond donors (Lipinski definition) is 0. The van der Waals surface area contributed by atoms with Crippen molar-refractivity contribution in [3.63, 3.8) is 0 Å². The van der Waals surface area contributed by atoms with Gasteiger partial charge in [-0.15, -0.1) is 0 Å². The standard InChI is InChI=1S/C12H9ClN4/c13-12-14-6-10-7-15-17(11(10)16-12)8-9-4-2-1-3-5-9/h1-7H,8H2. The van der Waals surface area contributed by atoms with Gasteiger partial charge in [-0.2, -0.15) is 10.1 Å². The van der Waals surface area contributed by atoms with Crippen LogP contribution >= 0.6 is 11.6 Å². The zero-order valence-electron chi connectivity index (χ0n) is 8.92.